The summed E-state index contributed by atoms with van der Waals surface area (Å²) < 4.78 is 18.5. The second-order valence-corrected chi connectivity index (χ2v) is 7.56. The van der Waals surface area contributed by atoms with Crippen LogP contribution in [-0.4, -0.2) is 48.0 Å². The van der Waals surface area contributed by atoms with Crippen molar-refractivity contribution >= 4 is 22.3 Å². The summed E-state index contributed by atoms with van der Waals surface area (Å²) in [6.45, 7) is 6.05. The lowest BCUT2D eigenvalue weighted by Gasteiger charge is -2.35. The van der Waals surface area contributed by atoms with Gasteiger partial charge in [-0.05, 0) is 30.7 Å². The first-order chi connectivity index (χ1) is 13.7. The van der Waals surface area contributed by atoms with Gasteiger partial charge in [0.15, 0.2) is 0 Å². The van der Waals surface area contributed by atoms with Crippen LogP contribution in [0.3, 0.4) is 0 Å². The van der Waals surface area contributed by atoms with E-state index in [1.165, 1.54) is 12.1 Å². The van der Waals surface area contributed by atoms with E-state index in [2.05, 4.69) is 25.0 Å². The minimum atomic E-state index is -0.221. The molecule has 1 aliphatic heterocycles. The van der Waals surface area contributed by atoms with Crippen molar-refractivity contribution in [3.8, 4) is 5.88 Å². The standard InChI is InChI=1S/C20H22FN5OS/c1-2-27-18-5-3-4-17(22-18)25-10-12-26(13-11-25)20-24-23-19(28-20)14-15-6-8-16(21)9-7-15/h3-9H,2,10-14H2,1H3. The molecule has 0 saturated carbocycles. The summed E-state index contributed by atoms with van der Waals surface area (Å²) >= 11 is 1.60. The molecule has 1 aromatic carbocycles. The summed E-state index contributed by atoms with van der Waals surface area (Å²) in [6.07, 6.45) is 0.673. The van der Waals surface area contributed by atoms with Crippen molar-refractivity contribution in [3.63, 3.8) is 0 Å². The van der Waals surface area contributed by atoms with E-state index in [9.17, 15) is 4.39 Å². The fourth-order valence-electron chi connectivity index (χ4n) is 3.16. The van der Waals surface area contributed by atoms with Crippen molar-refractivity contribution in [3.05, 3.63) is 58.9 Å². The van der Waals surface area contributed by atoms with Crippen LogP contribution >= 0.6 is 11.3 Å². The van der Waals surface area contributed by atoms with Gasteiger partial charge in [0.05, 0.1) is 6.61 Å². The van der Waals surface area contributed by atoms with E-state index < -0.39 is 0 Å². The van der Waals surface area contributed by atoms with E-state index in [1.54, 1.807) is 23.5 Å². The van der Waals surface area contributed by atoms with Gasteiger partial charge in [0.25, 0.3) is 0 Å². The lowest BCUT2D eigenvalue weighted by Crippen LogP contribution is -2.46. The van der Waals surface area contributed by atoms with Gasteiger partial charge >= 0.3 is 0 Å². The SMILES string of the molecule is CCOc1cccc(N2CCN(c3nnc(Cc4ccc(F)cc4)s3)CC2)n1. The molecule has 3 aromatic rings. The van der Waals surface area contributed by atoms with Crippen LogP contribution in [0.5, 0.6) is 5.88 Å². The molecule has 8 heteroatoms. The van der Waals surface area contributed by atoms with E-state index in [0.717, 1.165) is 47.7 Å². The highest BCUT2D eigenvalue weighted by Crippen LogP contribution is 2.25. The first-order valence-corrected chi connectivity index (χ1v) is 10.2. The Hall–Kier alpha value is -2.74. The van der Waals surface area contributed by atoms with E-state index in [0.29, 0.717) is 18.9 Å². The van der Waals surface area contributed by atoms with Gasteiger partial charge in [-0.2, -0.15) is 4.98 Å². The smallest absolute Gasteiger partial charge is 0.215 e. The Balaban J connectivity index is 1.36. The van der Waals surface area contributed by atoms with Gasteiger partial charge in [0, 0.05) is 38.7 Å². The molecular weight excluding hydrogens is 377 g/mol. The normalized spacial score (nSPS) is 14.4. The summed E-state index contributed by atoms with van der Waals surface area (Å²) in [5.41, 5.74) is 1.04. The number of halogens is 1. The Morgan fingerprint density at radius 2 is 1.75 bits per heavy atom. The summed E-state index contributed by atoms with van der Waals surface area (Å²) in [4.78, 5) is 9.10. The van der Waals surface area contributed by atoms with Crippen molar-refractivity contribution in [2.45, 2.75) is 13.3 Å². The molecule has 0 atom stereocenters. The van der Waals surface area contributed by atoms with Crippen molar-refractivity contribution in [1.82, 2.24) is 15.2 Å². The van der Waals surface area contributed by atoms with Crippen molar-refractivity contribution in [1.29, 1.82) is 0 Å². The number of piperazine rings is 1. The number of anilines is 2. The fraction of sp³-hybridized carbons (Fsp3) is 0.350. The third-order valence-corrected chi connectivity index (χ3v) is 5.58. The average molecular weight is 399 g/mol. The number of rotatable bonds is 6. The Morgan fingerprint density at radius 3 is 2.50 bits per heavy atom. The monoisotopic (exact) mass is 399 g/mol. The molecular formula is C20H22FN5OS. The summed E-state index contributed by atoms with van der Waals surface area (Å²) in [6, 6.07) is 12.4. The van der Waals surface area contributed by atoms with Crippen LogP contribution in [0.2, 0.25) is 0 Å². The molecule has 28 heavy (non-hydrogen) atoms. The summed E-state index contributed by atoms with van der Waals surface area (Å²) in [7, 11) is 0. The Kier molecular flexibility index (Phi) is 5.66. The van der Waals surface area contributed by atoms with E-state index in [4.69, 9.17) is 4.74 Å². The number of pyridine rings is 1. The molecule has 1 aliphatic rings. The van der Waals surface area contributed by atoms with Gasteiger partial charge in [-0.1, -0.05) is 29.5 Å². The van der Waals surface area contributed by atoms with Gasteiger partial charge in [-0.25, -0.2) is 4.39 Å². The lowest BCUT2D eigenvalue weighted by molar-refractivity contribution is 0.327. The van der Waals surface area contributed by atoms with E-state index in [1.807, 2.05) is 25.1 Å². The molecule has 0 bridgehead atoms. The van der Waals surface area contributed by atoms with Crippen LogP contribution in [0, 0.1) is 5.82 Å². The quantitative estimate of drug-likeness (QED) is 0.633. The van der Waals surface area contributed by atoms with Crippen molar-refractivity contribution in [2.24, 2.45) is 0 Å². The molecule has 4 rings (SSSR count). The first kappa shape index (κ1) is 18.6. The molecule has 6 nitrogen and oxygen atoms in total. The summed E-state index contributed by atoms with van der Waals surface area (Å²) in [5.74, 6) is 1.39. The van der Waals surface area contributed by atoms with Crippen molar-refractivity contribution < 1.29 is 9.13 Å². The molecule has 0 aliphatic carbocycles. The van der Waals surface area contributed by atoms with Crippen LogP contribution < -0.4 is 14.5 Å². The molecule has 0 unspecified atom stereocenters. The first-order valence-electron chi connectivity index (χ1n) is 9.38. The minimum Gasteiger partial charge on any atom is -0.478 e. The minimum absolute atomic E-state index is 0.221. The number of benzene rings is 1. The number of hydrogen-bond acceptors (Lipinski definition) is 7. The van der Waals surface area contributed by atoms with Crippen LogP contribution in [0.4, 0.5) is 15.3 Å². The maximum Gasteiger partial charge on any atom is 0.215 e. The number of nitrogens with zero attached hydrogens (tertiary/aromatic N) is 5. The van der Waals surface area contributed by atoms with Crippen LogP contribution in [0.15, 0.2) is 42.5 Å². The maximum absolute atomic E-state index is 13.0. The predicted octanol–water partition coefficient (Wildman–Crippen LogP) is 3.39. The third kappa shape index (κ3) is 4.39. The Labute approximate surface area is 167 Å². The number of hydrogen-bond donors (Lipinski definition) is 0. The molecule has 3 heterocycles. The van der Waals surface area contributed by atoms with Gasteiger partial charge < -0.3 is 14.5 Å². The lowest BCUT2D eigenvalue weighted by atomic mass is 10.2. The number of aromatic nitrogens is 3. The molecule has 0 spiro atoms. The van der Waals surface area contributed by atoms with Gasteiger partial charge in [0.2, 0.25) is 11.0 Å². The highest BCUT2D eigenvalue weighted by atomic mass is 32.1. The van der Waals surface area contributed by atoms with Gasteiger partial charge in [-0.3, -0.25) is 0 Å². The zero-order valence-electron chi connectivity index (χ0n) is 15.7. The fourth-order valence-corrected chi connectivity index (χ4v) is 4.08. The zero-order valence-corrected chi connectivity index (χ0v) is 16.5. The number of ether oxygens (including phenoxy) is 1. The average Bonchev–Trinajstić information content (AvgIpc) is 3.19. The van der Waals surface area contributed by atoms with Crippen LogP contribution in [-0.2, 0) is 6.42 Å². The highest BCUT2D eigenvalue weighted by molar-refractivity contribution is 7.15. The molecule has 146 valence electrons. The maximum atomic E-state index is 13.0. The van der Waals surface area contributed by atoms with E-state index in [-0.39, 0.29) is 5.82 Å². The third-order valence-electron chi connectivity index (χ3n) is 4.60. The van der Waals surface area contributed by atoms with Crippen LogP contribution in [0.25, 0.3) is 0 Å². The van der Waals surface area contributed by atoms with Crippen LogP contribution in [0.1, 0.15) is 17.5 Å². The van der Waals surface area contributed by atoms with E-state index >= 15 is 0 Å². The molecule has 0 amide bonds. The predicted molar refractivity (Wildman–Crippen MR) is 109 cm³/mol. The summed E-state index contributed by atoms with van der Waals surface area (Å²) in [5, 5.41) is 10.5. The second-order valence-electron chi connectivity index (χ2n) is 6.52. The molecule has 2 aromatic heterocycles. The highest BCUT2D eigenvalue weighted by Gasteiger charge is 2.21. The molecule has 1 saturated heterocycles. The van der Waals surface area contributed by atoms with Gasteiger partial charge in [-0.15, -0.1) is 10.2 Å². The zero-order chi connectivity index (χ0) is 19.3. The molecule has 1 fully saturated rings. The molecule has 0 N–H and O–H groups in total. The van der Waals surface area contributed by atoms with Crippen molar-refractivity contribution in [2.75, 3.05) is 42.6 Å². The Bertz CT molecular complexity index is 909. The molecule has 0 radical (unpaired) electrons. The van der Waals surface area contributed by atoms with Gasteiger partial charge in [0.1, 0.15) is 16.6 Å². The topological polar surface area (TPSA) is 54.4 Å². The second kappa shape index (κ2) is 8.52. The Morgan fingerprint density at radius 1 is 1.00 bits per heavy atom. The largest absolute Gasteiger partial charge is 0.478 e.